The Morgan fingerprint density at radius 2 is 1.74 bits per heavy atom. The van der Waals surface area contributed by atoms with E-state index in [0.29, 0.717) is 5.39 Å². The summed E-state index contributed by atoms with van der Waals surface area (Å²) in [5, 5.41) is 61.2. The second-order valence-corrected chi connectivity index (χ2v) is 8.76. The van der Waals surface area contributed by atoms with Crippen LogP contribution in [-0.4, -0.2) is 88.1 Å². The van der Waals surface area contributed by atoms with Crippen LogP contribution in [0.2, 0.25) is 0 Å². The first-order chi connectivity index (χ1) is 18.7. The molecule has 3 heterocycles. The molecule has 5 rings (SSSR count). The molecule has 0 aliphatic carbocycles. The summed E-state index contributed by atoms with van der Waals surface area (Å²) in [4.78, 5) is 11.9. The Kier molecular flexibility index (Phi) is 6.92. The predicted octanol–water partition coefficient (Wildman–Crippen LogP) is 1.10. The lowest BCUT2D eigenvalue weighted by Gasteiger charge is -2.39. The van der Waals surface area contributed by atoms with Crippen molar-refractivity contribution >= 4 is 23.0 Å². The molecule has 13 nitrogen and oxygen atoms in total. The predicted molar refractivity (Wildman–Crippen MR) is 131 cm³/mol. The average molecular weight is 545 g/mol. The van der Waals surface area contributed by atoms with E-state index in [1.807, 2.05) is 0 Å². The van der Waals surface area contributed by atoms with Gasteiger partial charge in [-0.2, -0.15) is 0 Å². The van der Waals surface area contributed by atoms with Crippen LogP contribution in [0.4, 0.5) is 0 Å². The van der Waals surface area contributed by atoms with Crippen molar-refractivity contribution in [3.05, 3.63) is 41.7 Å². The minimum Gasteiger partial charge on any atom is -0.502 e. The zero-order valence-corrected chi connectivity index (χ0v) is 20.6. The van der Waals surface area contributed by atoms with Gasteiger partial charge in [-0.1, -0.05) is 0 Å². The number of benzene rings is 2. The zero-order valence-electron chi connectivity index (χ0n) is 20.6. The number of phenolic OH excluding ortho intramolecular Hbond substituents is 1. The van der Waals surface area contributed by atoms with Crippen LogP contribution in [-0.2, 0) is 9.53 Å². The van der Waals surface area contributed by atoms with Crippen molar-refractivity contribution in [1.82, 2.24) is 0 Å². The van der Waals surface area contributed by atoms with E-state index >= 15 is 0 Å². The Morgan fingerprint density at radius 1 is 1.05 bits per heavy atom. The summed E-state index contributed by atoms with van der Waals surface area (Å²) >= 11 is 0. The molecule has 1 aromatic heterocycles. The molecule has 0 unspecified atom stereocenters. The second kappa shape index (κ2) is 10.2. The molecule has 2 aliphatic rings. The third kappa shape index (κ3) is 4.45. The summed E-state index contributed by atoms with van der Waals surface area (Å²) in [6.45, 7) is -0.694. The number of hydrogen-bond donors (Lipinski definition) is 6. The Morgan fingerprint density at radius 3 is 2.36 bits per heavy atom. The quantitative estimate of drug-likeness (QED) is 0.231. The summed E-state index contributed by atoms with van der Waals surface area (Å²) in [6, 6.07) is 7.57. The molecule has 39 heavy (non-hydrogen) atoms. The maximum Gasteiger partial charge on any atom is 0.403 e. The molecule has 5 atom stereocenters. The lowest BCUT2D eigenvalue weighted by molar-refractivity contribution is -0.277. The Labute approximate surface area is 220 Å². The maximum absolute atomic E-state index is 11.9. The van der Waals surface area contributed by atoms with Crippen molar-refractivity contribution in [3.8, 4) is 40.1 Å². The van der Waals surface area contributed by atoms with Gasteiger partial charge in [-0.15, -0.1) is 0 Å². The van der Waals surface area contributed by atoms with Crippen LogP contribution < -0.4 is 18.9 Å². The Balaban J connectivity index is 1.78. The highest BCUT2D eigenvalue weighted by molar-refractivity contribution is 6.03. The van der Waals surface area contributed by atoms with Crippen LogP contribution in [0.5, 0.6) is 28.7 Å². The molecule has 13 heteroatoms. The van der Waals surface area contributed by atoms with E-state index in [1.165, 1.54) is 38.5 Å². The molecule has 6 N–H and O–H groups in total. The van der Waals surface area contributed by atoms with E-state index < -0.39 is 49.0 Å². The molecule has 1 saturated heterocycles. The summed E-state index contributed by atoms with van der Waals surface area (Å²) in [7, 11) is 2.66. The van der Waals surface area contributed by atoms with E-state index in [9.17, 15) is 35.4 Å². The van der Waals surface area contributed by atoms with Gasteiger partial charge in [0.15, 0.2) is 11.5 Å². The summed E-state index contributed by atoms with van der Waals surface area (Å²) < 4.78 is 33.8. The lowest BCUT2D eigenvalue weighted by Crippen LogP contribution is -2.60. The van der Waals surface area contributed by atoms with Gasteiger partial charge in [-0.25, -0.2) is 9.21 Å². The van der Waals surface area contributed by atoms with Crippen LogP contribution in [0, 0.1) is 0 Å². The largest absolute Gasteiger partial charge is 0.502 e. The van der Waals surface area contributed by atoms with Gasteiger partial charge >= 0.3 is 17.3 Å². The van der Waals surface area contributed by atoms with Crippen LogP contribution in [0.3, 0.4) is 0 Å². The topological polar surface area (TPSA) is 196 Å². The number of rotatable bonds is 7. The normalized spacial score (nSPS) is 24.1. The number of carboxylic acid groups (broad SMARTS) is 1. The molecule has 2 aliphatic heterocycles. The van der Waals surface area contributed by atoms with Crippen molar-refractivity contribution in [3.63, 3.8) is 0 Å². The molecule has 2 aromatic carbocycles. The van der Waals surface area contributed by atoms with Gasteiger partial charge in [0.1, 0.15) is 35.6 Å². The smallest absolute Gasteiger partial charge is 0.403 e. The Hall–Kier alpha value is -4.14. The number of carboxylic acids is 1. The van der Waals surface area contributed by atoms with Gasteiger partial charge in [0.25, 0.3) is 0 Å². The summed E-state index contributed by atoms with van der Waals surface area (Å²) in [5.41, 5.74) is 0.695. The maximum atomic E-state index is 11.9. The number of phenols is 1. The number of carbonyl (C=O) groups is 1. The molecule has 0 amide bonds. The first kappa shape index (κ1) is 26.5. The highest BCUT2D eigenvalue weighted by Crippen LogP contribution is 2.49. The van der Waals surface area contributed by atoms with Gasteiger partial charge in [0, 0.05) is 24.3 Å². The van der Waals surface area contributed by atoms with Gasteiger partial charge in [0.2, 0.25) is 23.5 Å². The van der Waals surface area contributed by atoms with E-state index in [1.54, 1.807) is 12.1 Å². The minimum absolute atomic E-state index is 0.0194. The molecular formula is C26H25O13+. The van der Waals surface area contributed by atoms with Crippen molar-refractivity contribution in [2.45, 2.75) is 30.7 Å². The molecule has 0 spiro atoms. The van der Waals surface area contributed by atoms with Gasteiger partial charge in [0.05, 0.1) is 32.0 Å². The standard InChI is InChI=1S/C26H24O13/c1-34-14-6-10(7-15(35-2)19(14)28)23-24(39-26-22(31)21(30)20(29)17(9-27)38-26)11-8-16(25(32)33)36-12-4-3-5-13(37-23)18(11)12/h3-8,17,20-22,26-27,29-31H,9H2,1-2H3,(H-,28,32,33)/p+1/t17-,20-,21+,22-,26+/m1/s1. The monoisotopic (exact) mass is 545 g/mol. The van der Waals surface area contributed by atoms with Crippen LogP contribution in [0.25, 0.3) is 28.4 Å². The molecule has 0 saturated carbocycles. The SMILES string of the molecule is COc1cc(-c2[o+]c3cccc4c3c(c2O[C@@H]2O[C@H](CO)[C@@H](O)[C@H](O)[C@H]2O)C=C(C(=O)O)O4)cc(OC)c1O. The number of aliphatic hydroxyl groups is 4. The minimum atomic E-state index is -1.78. The number of methoxy groups -OCH3 is 2. The van der Waals surface area contributed by atoms with Gasteiger partial charge in [-0.05, 0) is 12.1 Å². The van der Waals surface area contributed by atoms with E-state index in [4.69, 9.17) is 28.1 Å². The van der Waals surface area contributed by atoms with E-state index in [2.05, 4.69) is 0 Å². The molecule has 0 radical (unpaired) electrons. The lowest BCUT2D eigenvalue weighted by atomic mass is 9.98. The third-order valence-corrected chi connectivity index (χ3v) is 6.45. The van der Waals surface area contributed by atoms with Crippen LogP contribution in [0.15, 0.2) is 40.5 Å². The number of hydrogen-bond acceptors (Lipinski definition) is 11. The molecule has 0 bridgehead atoms. The van der Waals surface area contributed by atoms with Crippen molar-refractivity contribution in [1.29, 1.82) is 0 Å². The second-order valence-electron chi connectivity index (χ2n) is 8.76. The number of aliphatic hydroxyl groups excluding tert-OH is 4. The first-order valence-electron chi connectivity index (χ1n) is 11.7. The number of ether oxygens (including phenoxy) is 5. The van der Waals surface area contributed by atoms with Gasteiger partial charge < -0.3 is 54.3 Å². The highest BCUT2D eigenvalue weighted by Gasteiger charge is 2.46. The van der Waals surface area contributed by atoms with Crippen LogP contribution in [0.1, 0.15) is 5.56 Å². The first-order valence-corrected chi connectivity index (χ1v) is 11.7. The third-order valence-electron chi connectivity index (χ3n) is 6.45. The number of aliphatic carboxylic acids is 1. The molecule has 1 fully saturated rings. The van der Waals surface area contributed by atoms with E-state index in [-0.39, 0.29) is 51.2 Å². The van der Waals surface area contributed by atoms with Crippen molar-refractivity contribution in [2.75, 3.05) is 20.8 Å². The van der Waals surface area contributed by atoms with Gasteiger partial charge in [-0.3, -0.25) is 0 Å². The molecular weight excluding hydrogens is 520 g/mol. The molecule has 206 valence electrons. The fraction of sp³-hybridized carbons (Fsp3) is 0.308. The van der Waals surface area contributed by atoms with Crippen molar-refractivity contribution in [2.24, 2.45) is 0 Å². The fourth-order valence-corrected chi connectivity index (χ4v) is 4.47. The number of aromatic hydroxyl groups is 1. The molecule has 3 aromatic rings. The van der Waals surface area contributed by atoms with E-state index in [0.717, 1.165) is 0 Å². The highest BCUT2D eigenvalue weighted by atomic mass is 16.7. The summed E-state index contributed by atoms with van der Waals surface area (Å²) in [5.74, 6) is -2.07. The summed E-state index contributed by atoms with van der Waals surface area (Å²) in [6.07, 6.45) is -6.86. The fourth-order valence-electron chi connectivity index (χ4n) is 4.47. The zero-order chi connectivity index (χ0) is 28.0. The average Bonchev–Trinajstić information content (AvgIpc) is 2.94. The van der Waals surface area contributed by atoms with Crippen molar-refractivity contribution < 1.29 is 63.5 Å². The Bertz CT molecular complexity index is 1440. The van der Waals surface area contributed by atoms with Crippen LogP contribution >= 0.6 is 0 Å².